The highest BCUT2D eigenvalue weighted by Crippen LogP contribution is 2.35. The Kier molecular flexibility index (Phi) is 7.56. The van der Waals surface area contributed by atoms with Gasteiger partial charge in [0.05, 0.1) is 22.3 Å². The Morgan fingerprint density at radius 3 is 2.73 bits per heavy atom. The number of ether oxygens (including phenoxy) is 2. The number of nitrogens with zero attached hydrogens (tertiary/aromatic N) is 1. The van der Waals surface area contributed by atoms with Gasteiger partial charge in [-0.3, -0.25) is 4.79 Å². The SMILES string of the molecule is CCOc1cc(/C=N/NC(=O)COc2ccc(Cl)cc2Cl)cc(Br)c1O. The first-order valence-corrected chi connectivity index (χ1v) is 9.00. The summed E-state index contributed by atoms with van der Waals surface area (Å²) in [6, 6.07) is 7.94. The standard InChI is InChI=1S/C17H15BrCl2N2O4/c1-2-25-15-6-10(5-12(18)17(15)24)8-21-22-16(23)9-26-14-4-3-11(19)7-13(14)20/h3-8,24H,2,9H2,1H3,(H,22,23)/b21-8+. The van der Waals surface area contributed by atoms with Gasteiger partial charge < -0.3 is 14.6 Å². The zero-order valence-electron chi connectivity index (χ0n) is 13.6. The molecule has 0 bridgehead atoms. The normalized spacial score (nSPS) is 10.8. The minimum absolute atomic E-state index is 0.00118. The number of amides is 1. The lowest BCUT2D eigenvalue weighted by molar-refractivity contribution is -0.123. The fourth-order valence-corrected chi connectivity index (χ4v) is 2.80. The number of nitrogens with one attached hydrogen (secondary N) is 1. The molecule has 26 heavy (non-hydrogen) atoms. The summed E-state index contributed by atoms with van der Waals surface area (Å²) in [6.45, 7) is 1.95. The van der Waals surface area contributed by atoms with E-state index in [-0.39, 0.29) is 12.4 Å². The molecule has 6 nitrogen and oxygen atoms in total. The van der Waals surface area contributed by atoms with Crippen molar-refractivity contribution in [2.45, 2.75) is 6.92 Å². The minimum Gasteiger partial charge on any atom is -0.503 e. The molecule has 0 radical (unpaired) electrons. The van der Waals surface area contributed by atoms with Crippen molar-refractivity contribution in [3.05, 3.63) is 50.4 Å². The van der Waals surface area contributed by atoms with Crippen molar-refractivity contribution in [2.75, 3.05) is 13.2 Å². The van der Waals surface area contributed by atoms with Crippen molar-refractivity contribution < 1.29 is 19.4 Å². The second kappa shape index (κ2) is 9.66. The molecule has 1 amide bonds. The van der Waals surface area contributed by atoms with Crippen LogP contribution in [0.1, 0.15) is 12.5 Å². The van der Waals surface area contributed by atoms with Crippen LogP contribution in [-0.4, -0.2) is 30.4 Å². The van der Waals surface area contributed by atoms with E-state index in [1.54, 1.807) is 31.2 Å². The van der Waals surface area contributed by atoms with E-state index in [2.05, 4.69) is 26.5 Å². The Labute approximate surface area is 168 Å². The molecule has 0 unspecified atom stereocenters. The maximum absolute atomic E-state index is 11.8. The van der Waals surface area contributed by atoms with Gasteiger partial charge in [0.1, 0.15) is 5.75 Å². The van der Waals surface area contributed by atoms with Crippen molar-refractivity contribution in [1.82, 2.24) is 5.43 Å². The summed E-state index contributed by atoms with van der Waals surface area (Å²) in [7, 11) is 0. The lowest BCUT2D eigenvalue weighted by atomic mass is 10.2. The summed E-state index contributed by atoms with van der Waals surface area (Å²) >= 11 is 15.0. The van der Waals surface area contributed by atoms with Gasteiger partial charge in [0.15, 0.2) is 18.1 Å². The summed E-state index contributed by atoms with van der Waals surface area (Å²) in [5.74, 6) is 0.200. The van der Waals surface area contributed by atoms with Crippen molar-refractivity contribution >= 4 is 51.3 Å². The van der Waals surface area contributed by atoms with E-state index < -0.39 is 5.91 Å². The van der Waals surface area contributed by atoms with Gasteiger partial charge in [-0.15, -0.1) is 0 Å². The second-order valence-electron chi connectivity index (χ2n) is 4.94. The highest BCUT2D eigenvalue weighted by atomic mass is 79.9. The number of hydrazone groups is 1. The van der Waals surface area contributed by atoms with Crippen LogP contribution in [-0.2, 0) is 4.79 Å². The Hall–Kier alpha value is -1.96. The van der Waals surface area contributed by atoms with Crippen LogP contribution in [0.2, 0.25) is 10.0 Å². The fraction of sp³-hybridized carbons (Fsp3) is 0.176. The van der Waals surface area contributed by atoms with Crippen molar-refractivity contribution in [3.63, 3.8) is 0 Å². The predicted octanol–water partition coefficient (Wildman–Crippen LogP) is 4.39. The molecule has 0 spiro atoms. The zero-order valence-corrected chi connectivity index (χ0v) is 16.7. The van der Waals surface area contributed by atoms with E-state index >= 15 is 0 Å². The summed E-state index contributed by atoms with van der Waals surface area (Å²) in [4.78, 5) is 11.8. The van der Waals surface area contributed by atoms with Crippen LogP contribution in [0, 0.1) is 0 Å². The molecule has 2 N–H and O–H groups in total. The molecule has 9 heteroatoms. The Bertz CT molecular complexity index is 831. The molecule has 0 heterocycles. The molecular formula is C17H15BrCl2N2O4. The molecule has 2 aromatic carbocycles. The third-order valence-electron chi connectivity index (χ3n) is 3.01. The van der Waals surface area contributed by atoms with Crippen molar-refractivity contribution in [2.24, 2.45) is 5.10 Å². The van der Waals surface area contributed by atoms with Crippen LogP contribution in [0.25, 0.3) is 0 Å². The third kappa shape index (κ3) is 5.79. The molecule has 0 saturated heterocycles. The van der Waals surface area contributed by atoms with Gasteiger partial charge in [-0.25, -0.2) is 5.43 Å². The maximum atomic E-state index is 11.8. The fourth-order valence-electron chi connectivity index (χ4n) is 1.88. The number of aromatic hydroxyl groups is 1. The number of carbonyl (C=O) groups is 1. The van der Waals surface area contributed by atoms with Gasteiger partial charge in [0.25, 0.3) is 5.91 Å². The monoisotopic (exact) mass is 460 g/mol. The topological polar surface area (TPSA) is 80.2 Å². The van der Waals surface area contributed by atoms with Crippen LogP contribution >= 0.6 is 39.1 Å². The van der Waals surface area contributed by atoms with Gasteiger partial charge >= 0.3 is 0 Å². The highest BCUT2D eigenvalue weighted by Gasteiger charge is 2.09. The van der Waals surface area contributed by atoms with E-state index in [1.807, 2.05) is 0 Å². The highest BCUT2D eigenvalue weighted by molar-refractivity contribution is 9.10. The molecule has 0 aromatic heterocycles. The molecule has 0 aliphatic rings. The first-order chi connectivity index (χ1) is 12.4. The number of phenolic OH excluding ortho intramolecular Hbond substituents is 1. The minimum atomic E-state index is -0.463. The number of rotatable bonds is 7. The van der Waals surface area contributed by atoms with Gasteiger partial charge in [0, 0.05) is 5.02 Å². The largest absolute Gasteiger partial charge is 0.503 e. The number of hydrogen-bond acceptors (Lipinski definition) is 5. The average Bonchev–Trinajstić information content (AvgIpc) is 2.58. The molecule has 0 saturated carbocycles. The maximum Gasteiger partial charge on any atom is 0.277 e. The molecule has 2 rings (SSSR count). The Morgan fingerprint density at radius 2 is 2.04 bits per heavy atom. The lowest BCUT2D eigenvalue weighted by Gasteiger charge is -2.08. The average molecular weight is 462 g/mol. The van der Waals surface area contributed by atoms with Crippen LogP contribution in [0.15, 0.2) is 39.9 Å². The van der Waals surface area contributed by atoms with E-state index in [0.717, 1.165) is 0 Å². The van der Waals surface area contributed by atoms with Gasteiger partial charge in [0.2, 0.25) is 0 Å². The van der Waals surface area contributed by atoms with Crippen LogP contribution < -0.4 is 14.9 Å². The predicted molar refractivity (Wildman–Crippen MR) is 105 cm³/mol. The molecule has 0 aliphatic carbocycles. The number of phenols is 1. The van der Waals surface area contributed by atoms with Crippen molar-refractivity contribution in [1.29, 1.82) is 0 Å². The molecule has 0 fully saturated rings. The van der Waals surface area contributed by atoms with Crippen LogP contribution in [0.3, 0.4) is 0 Å². The van der Waals surface area contributed by atoms with Gasteiger partial charge in [-0.2, -0.15) is 5.10 Å². The first kappa shape index (κ1) is 20.4. The molecule has 0 aliphatic heterocycles. The number of carbonyl (C=O) groups excluding carboxylic acids is 1. The van der Waals surface area contributed by atoms with E-state index in [0.29, 0.717) is 38.2 Å². The zero-order chi connectivity index (χ0) is 19.1. The van der Waals surface area contributed by atoms with E-state index in [1.165, 1.54) is 12.3 Å². The molecule has 2 aromatic rings. The van der Waals surface area contributed by atoms with Crippen LogP contribution in [0.4, 0.5) is 0 Å². The number of hydrogen-bond donors (Lipinski definition) is 2. The molecule has 0 atom stereocenters. The van der Waals surface area contributed by atoms with E-state index in [4.69, 9.17) is 32.7 Å². The van der Waals surface area contributed by atoms with Crippen molar-refractivity contribution in [3.8, 4) is 17.2 Å². The summed E-state index contributed by atoms with van der Waals surface area (Å²) in [6.07, 6.45) is 1.42. The third-order valence-corrected chi connectivity index (χ3v) is 4.14. The van der Waals surface area contributed by atoms with Crippen LogP contribution in [0.5, 0.6) is 17.2 Å². The lowest BCUT2D eigenvalue weighted by Crippen LogP contribution is -2.24. The second-order valence-corrected chi connectivity index (χ2v) is 6.64. The summed E-state index contributed by atoms with van der Waals surface area (Å²) in [5.41, 5.74) is 2.96. The summed E-state index contributed by atoms with van der Waals surface area (Å²) < 4.78 is 11.1. The molecule has 138 valence electrons. The Balaban J connectivity index is 1.92. The van der Waals surface area contributed by atoms with E-state index in [9.17, 15) is 9.90 Å². The van der Waals surface area contributed by atoms with Gasteiger partial charge in [-0.1, -0.05) is 23.2 Å². The quantitative estimate of drug-likeness (QED) is 0.473. The Morgan fingerprint density at radius 1 is 1.27 bits per heavy atom. The number of halogens is 3. The summed E-state index contributed by atoms with van der Waals surface area (Å²) in [5, 5.41) is 14.5. The first-order valence-electron chi connectivity index (χ1n) is 7.45. The molecular weight excluding hydrogens is 447 g/mol. The van der Waals surface area contributed by atoms with Gasteiger partial charge in [-0.05, 0) is 58.7 Å². The smallest absolute Gasteiger partial charge is 0.277 e. The number of benzene rings is 2.